The van der Waals surface area contributed by atoms with Crippen molar-refractivity contribution in [3.8, 4) is 11.5 Å². The largest absolute Gasteiger partial charge is 0.497 e. The number of hydrogen-bond acceptors (Lipinski definition) is 4. The molecule has 0 aliphatic carbocycles. The number of likely N-dealkylation sites (tertiary alicyclic amines) is 1. The average Bonchev–Trinajstić information content (AvgIpc) is 2.75. The number of anilines is 1. The van der Waals surface area contributed by atoms with E-state index in [1.54, 1.807) is 54.6 Å². The van der Waals surface area contributed by atoms with E-state index in [0.717, 1.165) is 11.4 Å². The molecule has 0 radical (unpaired) electrons. The summed E-state index contributed by atoms with van der Waals surface area (Å²) in [5.41, 5.74) is 1.42. The van der Waals surface area contributed by atoms with Crippen LogP contribution in [0.15, 0.2) is 54.7 Å². The van der Waals surface area contributed by atoms with Gasteiger partial charge in [0, 0.05) is 43.2 Å². The molecule has 150 valence electrons. The fourth-order valence-corrected chi connectivity index (χ4v) is 3.43. The number of hydrogen-bond donors (Lipinski definition) is 1. The highest BCUT2D eigenvalue weighted by Crippen LogP contribution is 2.27. The maximum atomic E-state index is 13.6. The summed E-state index contributed by atoms with van der Waals surface area (Å²) >= 11 is 0. The smallest absolute Gasteiger partial charge is 0.321 e. The summed E-state index contributed by atoms with van der Waals surface area (Å²) in [7, 11) is 1.60. The van der Waals surface area contributed by atoms with Gasteiger partial charge in [0.25, 0.3) is 0 Å². The van der Waals surface area contributed by atoms with E-state index in [0.29, 0.717) is 42.6 Å². The van der Waals surface area contributed by atoms with Crippen LogP contribution in [0.3, 0.4) is 0 Å². The van der Waals surface area contributed by atoms with Crippen molar-refractivity contribution in [2.45, 2.75) is 18.9 Å². The van der Waals surface area contributed by atoms with Crippen LogP contribution in [0.4, 0.5) is 14.9 Å². The van der Waals surface area contributed by atoms with Crippen LogP contribution in [0.5, 0.6) is 11.5 Å². The Hall–Kier alpha value is -3.35. The quantitative estimate of drug-likeness (QED) is 0.709. The molecule has 3 aromatic rings. The van der Waals surface area contributed by atoms with Crippen LogP contribution in [0.2, 0.25) is 0 Å². The van der Waals surface area contributed by atoms with Crippen LogP contribution in [0.25, 0.3) is 10.9 Å². The standard InChI is InChI=1S/C22H22FN3O3/c1-28-17-5-3-16(4-6-17)25-22(27)26-12-9-18(10-13-26)29-21-8-11-24-20-7-2-15(23)14-19(20)21/h2-8,11,14,18H,9-10,12-13H2,1H3,(H,25,27). The van der Waals surface area contributed by atoms with Crippen molar-refractivity contribution in [1.29, 1.82) is 0 Å². The van der Waals surface area contributed by atoms with Crippen LogP contribution in [-0.4, -0.2) is 42.2 Å². The van der Waals surface area contributed by atoms with Gasteiger partial charge < -0.3 is 19.7 Å². The Balaban J connectivity index is 1.34. The van der Waals surface area contributed by atoms with Crippen LogP contribution in [-0.2, 0) is 0 Å². The number of halogens is 1. The number of amides is 2. The highest BCUT2D eigenvalue weighted by atomic mass is 19.1. The first kappa shape index (κ1) is 19.0. The molecule has 0 bridgehead atoms. The molecule has 1 saturated heterocycles. The number of nitrogens with one attached hydrogen (secondary N) is 1. The number of methoxy groups -OCH3 is 1. The molecule has 1 N–H and O–H groups in total. The zero-order chi connectivity index (χ0) is 20.2. The number of urea groups is 1. The van der Waals surface area contributed by atoms with E-state index in [1.165, 1.54) is 12.1 Å². The van der Waals surface area contributed by atoms with Gasteiger partial charge in [0.2, 0.25) is 0 Å². The number of pyridine rings is 1. The monoisotopic (exact) mass is 395 g/mol. The molecule has 2 aromatic carbocycles. The number of ether oxygens (including phenoxy) is 2. The molecule has 0 saturated carbocycles. The Kier molecular flexibility index (Phi) is 5.46. The minimum Gasteiger partial charge on any atom is -0.497 e. The van der Waals surface area contributed by atoms with Crippen molar-refractivity contribution in [1.82, 2.24) is 9.88 Å². The first-order valence-electron chi connectivity index (χ1n) is 9.53. The number of carbonyl (C=O) groups excluding carboxylic acids is 1. The highest BCUT2D eigenvalue weighted by Gasteiger charge is 2.24. The summed E-state index contributed by atoms with van der Waals surface area (Å²) in [5.74, 6) is 1.04. The van der Waals surface area contributed by atoms with E-state index in [2.05, 4.69) is 10.3 Å². The lowest BCUT2D eigenvalue weighted by atomic mass is 10.1. The van der Waals surface area contributed by atoms with E-state index in [-0.39, 0.29) is 18.0 Å². The van der Waals surface area contributed by atoms with Crippen LogP contribution >= 0.6 is 0 Å². The van der Waals surface area contributed by atoms with Crippen LogP contribution in [0.1, 0.15) is 12.8 Å². The normalized spacial score (nSPS) is 14.6. The van der Waals surface area contributed by atoms with Crippen molar-refractivity contribution in [2.24, 2.45) is 0 Å². The second-order valence-corrected chi connectivity index (χ2v) is 6.93. The molecule has 1 aliphatic heterocycles. The topological polar surface area (TPSA) is 63.7 Å². The Labute approximate surface area is 168 Å². The Morgan fingerprint density at radius 3 is 2.62 bits per heavy atom. The fourth-order valence-electron chi connectivity index (χ4n) is 3.43. The molecule has 6 nitrogen and oxygen atoms in total. The lowest BCUT2D eigenvalue weighted by Crippen LogP contribution is -2.43. The maximum Gasteiger partial charge on any atom is 0.321 e. The molecule has 1 aromatic heterocycles. The Bertz CT molecular complexity index is 1000. The minimum absolute atomic E-state index is 0.0334. The minimum atomic E-state index is -0.319. The van der Waals surface area contributed by atoms with Crippen molar-refractivity contribution >= 4 is 22.6 Å². The van der Waals surface area contributed by atoms with Crippen molar-refractivity contribution in [3.05, 3.63) is 60.5 Å². The van der Waals surface area contributed by atoms with E-state index >= 15 is 0 Å². The van der Waals surface area contributed by atoms with E-state index in [1.807, 2.05) is 0 Å². The summed E-state index contributed by atoms with van der Waals surface area (Å²) in [6.45, 7) is 1.17. The van der Waals surface area contributed by atoms with Crippen LogP contribution in [0, 0.1) is 5.82 Å². The predicted molar refractivity (Wildman–Crippen MR) is 109 cm³/mol. The van der Waals surface area contributed by atoms with Gasteiger partial charge in [0.15, 0.2) is 0 Å². The molecular weight excluding hydrogens is 373 g/mol. The van der Waals surface area contributed by atoms with Gasteiger partial charge in [-0.15, -0.1) is 0 Å². The lowest BCUT2D eigenvalue weighted by Gasteiger charge is -2.32. The first-order valence-corrected chi connectivity index (χ1v) is 9.53. The van der Waals surface area contributed by atoms with Gasteiger partial charge in [-0.3, -0.25) is 4.98 Å². The van der Waals surface area contributed by atoms with Gasteiger partial charge >= 0.3 is 6.03 Å². The van der Waals surface area contributed by atoms with Gasteiger partial charge in [0.05, 0.1) is 12.6 Å². The van der Waals surface area contributed by atoms with Crippen molar-refractivity contribution < 1.29 is 18.7 Å². The summed E-state index contributed by atoms with van der Waals surface area (Å²) < 4.78 is 24.9. The van der Waals surface area contributed by atoms with Gasteiger partial charge in [-0.2, -0.15) is 0 Å². The molecule has 0 spiro atoms. The average molecular weight is 395 g/mol. The fraction of sp³-hybridized carbons (Fsp3) is 0.273. The maximum absolute atomic E-state index is 13.6. The predicted octanol–water partition coefficient (Wildman–Crippen LogP) is 4.46. The molecular formula is C22H22FN3O3. The second kappa shape index (κ2) is 8.34. The Morgan fingerprint density at radius 2 is 1.90 bits per heavy atom. The third-order valence-electron chi connectivity index (χ3n) is 5.03. The van der Waals surface area contributed by atoms with Gasteiger partial charge in [-0.1, -0.05) is 0 Å². The van der Waals surface area contributed by atoms with E-state index in [9.17, 15) is 9.18 Å². The molecule has 1 fully saturated rings. The number of nitrogens with zero attached hydrogens (tertiary/aromatic N) is 2. The molecule has 1 aliphatic rings. The highest BCUT2D eigenvalue weighted by molar-refractivity contribution is 5.89. The first-order chi connectivity index (χ1) is 14.1. The molecule has 0 atom stereocenters. The molecule has 0 unspecified atom stereocenters. The zero-order valence-electron chi connectivity index (χ0n) is 16.1. The zero-order valence-corrected chi connectivity index (χ0v) is 16.1. The van der Waals surface area contributed by atoms with Gasteiger partial charge in [-0.05, 0) is 48.5 Å². The van der Waals surface area contributed by atoms with Gasteiger partial charge in [0.1, 0.15) is 23.4 Å². The molecule has 7 heteroatoms. The molecule has 4 rings (SSSR count). The second-order valence-electron chi connectivity index (χ2n) is 6.93. The van der Waals surface area contributed by atoms with Crippen molar-refractivity contribution in [3.63, 3.8) is 0 Å². The number of benzene rings is 2. The number of carbonyl (C=O) groups is 1. The SMILES string of the molecule is COc1ccc(NC(=O)N2CCC(Oc3ccnc4ccc(F)cc34)CC2)cc1. The summed E-state index contributed by atoms with van der Waals surface area (Å²) in [6, 6.07) is 13.3. The number of fused-ring (bicyclic) bond motifs is 1. The lowest BCUT2D eigenvalue weighted by molar-refractivity contribution is 0.117. The number of aromatic nitrogens is 1. The van der Waals surface area contributed by atoms with Crippen LogP contribution < -0.4 is 14.8 Å². The van der Waals surface area contributed by atoms with E-state index in [4.69, 9.17) is 9.47 Å². The third kappa shape index (κ3) is 4.39. The summed E-state index contributed by atoms with van der Waals surface area (Å²) in [4.78, 5) is 18.5. The Morgan fingerprint density at radius 1 is 1.14 bits per heavy atom. The summed E-state index contributed by atoms with van der Waals surface area (Å²) in [5, 5.41) is 3.56. The summed E-state index contributed by atoms with van der Waals surface area (Å²) in [6.07, 6.45) is 3.03. The third-order valence-corrected chi connectivity index (χ3v) is 5.03. The number of piperidine rings is 1. The van der Waals surface area contributed by atoms with E-state index < -0.39 is 0 Å². The molecule has 29 heavy (non-hydrogen) atoms. The number of rotatable bonds is 4. The molecule has 2 heterocycles. The van der Waals surface area contributed by atoms with Crippen molar-refractivity contribution in [2.75, 3.05) is 25.5 Å². The van der Waals surface area contributed by atoms with Gasteiger partial charge in [-0.25, -0.2) is 9.18 Å². The molecule has 2 amide bonds.